The first-order valence-electron chi connectivity index (χ1n) is 8.48. The molecule has 1 fully saturated rings. The van der Waals surface area contributed by atoms with Crippen molar-refractivity contribution in [3.63, 3.8) is 0 Å². The van der Waals surface area contributed by atoms with E-state index in [1.54, 1.807) is 0 Å². The van der Waals surface area contributed by atoms with Gasteiger partial charge in [0.25, 0.3) is 21.6 Å². The van der Waals surface area contributed by atoms with E-state index >= 15 is 0 Å². The Kier molecular flexibility index (Phi) is 5.74. The first-order chi connectivity index (χ1) is 14.6. The minimum absolute atomic E-state index is 0.0269. The topological polar surface area (TPSA) is 177 Å². The maximum Gasteiger partial charge on any atom is 0.343 e. The van der Waals surface area contributed by atoms with Crippen LogP contribution in [-0.2, 0) is 14.8 Å². The molecule has 1 aliphatic rings. The predicted octanol–water partition coefficient (Wildman–Crippen LogP) is 0.601. The van der Waals surface area contributed by atoms with Gasteiger partial charge in [0.05, 0.1) is 22.6 Å². The maximum atomic E-state index is 12.7. The van der Waals surface area contributed by atoms with Gasteiger partial charge in [-0.2, -0.15) is 0 Å². The van der Waals surface area contributed by atoms with Gasteiger partial charge in [0, 0.05) is 17.7 Å². The van der Waals surface area contributed by atoms with Crippen molar-refractivity contribution in [1.82, 2.24) is 15.8 Å². The molecule has 0 radical (unpaired) electrons. The van der Waals surface area contributed by atoms with Gasteiger partial charge in [-0.3, -0.25) is 35.2 Å². The summed E-state index contributed by atoms with van der Waals surface area (Å²) in [7, 11) is -2.89. The Labute approximate surface area is 175 Å². The number of carbonyl (C=O) groups is 3. The number of rotatable bonds is 7. The van der Waals surface area contributed by atoms with E-state index < -0.39 is 32.8 Å². The van der Waals surface area contributed by atoms with Gasteiger partial charge >= 0.3 is 6.03 Å². The average molecular weight is 449 g/mol. The zero-order valence-electron chi connectivity index (χ0n) is 15.8. The normalized spacial score (nSPS) is 13.5. The number of carbonyl (C=O) groups excluding carboxylic acids is 3. The summed E-state index contributed by atoms with van der Waals surface area (Å²) in [5.41, 5.74) is 1.77. The molecule has 0 atom stereocenters. The Hall–Kier alpha value is -4.20. The van der Waals surface area contributed by atoms with E-state index in [1.165, 1.54) is 25.3 Å². The van der Waals surface area contributed by atoms with Crippen molar-refractivity contribution >= 4 is 39.2 Å². The summed E-state index contributed by atoms with van der Waals surface area (Å²) in [5, 5.41) is 13.7. The van der Waals surface area contributed by atoms with E-state index in [1.807, 2.05) is 5.32 Å². The van der Waals surface area contributed by atoms with Gasteiger partial charge < -0.3 is 4.74 Å². The molecule has 4 amide bonds. The Morgan fingerprint density at radius 3 is 2.42 bits per heavy atom. The third-order valence-electron chi connectivity index (χ3n) is 4.09. The van der Waals surface area contributed by atoms with Crippen molar-refractivity contribution < 1.29 is 32.5 Å². The number of methoxy groups -OCH3 is 1. The lowest BCUT2D eigenvalue weighted by atomic mass is 10.2. The molecule has 2 aromatic rings. The van der Waals surface area contributed by atoms with Crippen LogP contribution >= 0.6 is 0 Å². The standard InChI is InChI=1S/C17H15N5O8S/c1-30-14-7-4-11(22(26)27)8-13(14)20-31(28,29)12-5-2-10(3-6-12)16(24)19-21-9-15(23)18-17(21)25/h2-8,20H,9H2,1H3,(H,19,24)(H,18,23,25). The number of nitro benzene ring substituents is 1. The number of non-ortho nitro benzene ring substituents is 1. The third-order valence-corrected chi connectivity index (χ3v) is 5.48. The van der Waals surface area contributed by atoms with E-state index in [0.29, 0.717) is 0 Å². The van der Waals surface area contributed by atoms with Gasteiger partial charge in [-0.05, 0) is 30.3 Å². The lowest BCUT2D eigenvalue weighted by Crippen LogP contribution is -2.44. The molecule has 3 rings (SSSR count). The third kappa shape index (κ3) is 4.69. The van der Waals surface area contributed by atoms with Crippen LogP contribution in [0.3, 0.4) is 0 Å². The largest absolute Gasteiger partial charge is 0.495 e. The highest BCUT2D eigenvalue weighted by Crippen LogP contribution is 2.30. The van der Waals surface area contributed by atoms with Crippen LogP contribution in [0.1, 0.15) is 10.4 Å². The summed E-state index contributed by atoms with van der Waals surface area (Å²) in [5.74, 6) is -1.24. The van der Waals surface area contributed by atoms with Gasteiger partial charge in [-0.15, -0.1) is 0 Å². The van der Waals surface area contributed by atoms with E-state index in [0.717, 1.165) is 29.3 Å². The lowest BCUT2D eigenvalue weighted by molar-refractivity contribution is -0.384. The highest BCUT2D eigenvalue weighted by molar-refractivity contribution is 7.92. The minimum Gasteiger partial charge on any atom is -0.495 e. The summed E-state index contributed by atoms with van der Waals surface area (Å²) in [4.78, 5) is 44.9. The van der Waals surface area contributed by atoms with Crippen molar-refractivity contribution in [1.29, 1.82) is 0 Å². The van der Waals surface area contributed by atoms with Gasteiger partial charge in [-0.25, -0.2) is 18.2 Å². The van der Waals surface area contributed by atoms with E-state index in [4.69, 9.17) is 4.74 Å². The number of amides is 4. The number of hydrazine groups is 1. The molecule has 14 heteroatoms. The van der Waals surface area contributed by atoms with Crippen LogP contribution in [0, 0.1) is 10.1 Å². The molecule has 0 saturated carbocycles. The average Bonchev–Trinajstić information content (AvgIpc) is 3.04. The zero-order valence-corrected chi connectivity index (χ0v) is 16.6. The van der Waals surface area contributed by atoms with Crippen LogP contribution in [-0.4, -0.2) is 49.9 Å². The molecule has 0 bridgehead atoms. The van der Waals surface area contributed by atoms with E-state index in [9.17, 15) is 32.9 Å². The zero-order chi connectivity index (χ0) is 22.8. The SMILES string of the molecule is COc1ccc([N+](=O)[O-])cc1NS(=O)(=O)c1ccc(C(=O)NN2CC(=O)NC2=O)cc1. The van der Waals surface area contributed by atoms with Crippen LogP contribution in [0.2, 0.25) is 0 Å². The van der Waals surface area contributed by atoms with Crippen molar-refractivity contribution in [3.05, 3.63) is 58.1 Å². The molecule has 0 aliphatic carbocycles. The monoisotopic (exact) mass is 449 g/mol. The quantitative estimate of drug-likeness (QED) is 0.312. The number of imide groups is 1. The highest BCUT2D eigenvalue weighted by Gasteiger charge is 2.28. The van der Waals surface area contributed by atoms with Crippen LogP contribution < -0.4 is 20.2 Å². The van der Waals surface area contributed by atoms with E-state index in [-0.39, 0.29) is 34.1 Å². The van der Waals surface area contributed by atoms with Gasteiger partial charge in [0.2, 0.25) is 5.91 Å². The van der Waals surface area contributed by atoms with Gasteiger partial charge in [0.15, 0.2) is 0 Å². The smallest absolute Gasteiger partial charge is 0.343 e. The first kappa shape index (κ1) is 21.5. The minimum atomic E-state index is -4.17. The van der Waals surface area contributed by atoms with E-state index in [2.05, 4.69) is 10.1 Å². The molecule has 1 heterocycles. The number of anilines is 1. The molecule has 3 N–H and O–H groups in total. The Morgan fingerprint density at radius 1 is 1.19 bits per heavy atom. The van der Waals surface area contributed by atoms with Crippen molar-refractivity contribution in [3.8, 4) is 5.75 Å². The van der Waals surface area contributed by atoms with Gasteiger partial charge in [-0.1, -0.05) is 0 Å². The number of nitro groups is 1. The molecule has 1 aliphatic heterocycles. The van der Waals surface area contributed by atoms with Crippen LogP contribution in [0.5, 0.6) is 5.75 Å². The fraction of sp³-hybridized carbons (Fsp3) is 0.118. The number of urea groups is 1. The molecule has 162 valence electrons. The second-order valence-electron chi connectivity index (χ2n) is 6.15. The lowest BCUT2D eigenvalue weighted by Gasteiger charge is -2.15. The van der Waals surface area contributed by atoms with Crippen LogP contribution in [0.15, 0.2) is 47.4 Å². The Balaban J connectivity index is 1.78. The molecule has 0 unspecified atom stereocenters. The summed E-state index contributed by atoms with van der Waals surface area (Å²) >= 11 is 0. The number of ether oxygens (including phenoxy) is 1. The van der Waals surface area contributed by atoms with Crippen molar-refractivity contribution in [2.75, 3.05) is 18.4 Å². The molecule has 2 aromatic carbocycles. The molecular weight excluding hydrogens is 434 g/mol. The summed E-state index contributed by atoms with van der Waals surface area (Å²) in [6, 6.07) is 7.32. The van der Waals surface area contributed by atoms with Gasteiger partial charge in [0.1, 0.15) is 12.3 Å². The second kappa shape index (κ2) is 8.27. The fourth-order valence-electron chi connectivity index (χ4n) is 2.60. The summed E-state index contributed by atoms with van der Waals surface area (Å²) < 4.78 is 32.5. The van der Waals surface area contributed by atoms with Crippen molar-refractivity contribution in [2.24, 2.45) is 0 Å². The molecule has 0 spiro atoms. The number of hydrogen-bond donors (Lipinski definition) is 3. The Bertz CT molecular complexity index is 1180. The maximum absolute atomic E-state index is 12.7. The predicted molar refractivity (Wildman–Crippen MR) is 105 cm³/mol. The van der Waals surface area contributed by atoms with Crippen molar-refractivity contribution in [2.45, 2.75) is 4.90 Å². The summed E-state index contributed by atoms with van der Waals surface area (Å²) in [6.45, 7) is -0.341. The number of sulfonamides is 1. The molecular formula is C17H15N5O8S. The molecule has 13 nitrogen and oxygen atoms in total. The Morgan fingerprint density at radius 2 is 1.87 bits per heavy atom. The second-order valence-corrected chi connectivity index (χ2v) is 7.83. The first-order valence-corrected chi connectivity index (χ1v) is 9.96. The number of nitrogens with zero attached hydrogens (tertiary/aromatic N) is 2. The van der Waals surface area contributed by atoms with Crippen LogP contribution in [0.4, 0.5) is 16.2 Å². The molecule has 31 heavy (non-hydrogen) atoms. The number of nitrogens with one attached hydrogen (secondary N) is 3. The molecule has 1 saturated heterocycles. The number of hydrogen-bond acceptors (Lipinski definition) is 8. The summed E-state index contributed by atoms with van der Waals surface area (Å²) in [6.07, 6.45) is 0. The molecule has 0 aromatic heterocycles. The fourth-order valence-corrected chi connectivity index (χ4v) is 3.66. The highest BCUT2D eigenvalue weighted by atomic mass is 32.2. The number of benzene rings is 2. The van der Waals surface area contributed by atoms with Crippen LogP contribution in [0.25, 0.3) is 0 Å².